The molecule has 0 aliphatic carbocycles. The molecule has 3 rings (SSSR count). The van der Waals surface area contributed by atoms with Crippen molar-refractivity contribution in [3.8, 4) is 0 Å². The normalized spacial score (nSPS) is 11.4. The molecule has 0 aliphatic heterocycles. The molecule has 0 bridgehead atoms. The summed E-state index contributed by atoms with van der Waals surface area (Å²) in [7, 11) is 0. The molecule has 0 saturated carbocycles. The summed E-state index contributed by atoms with van der Waals surface area (Å²) in [4.78, 5) is 4.64. The summed E-state index contributed by atoms with van der Waals surface area (Å²) in [5.41, 5.74) is 12.4. The lowest BCUT2D eigenvalue weighted by atomic mass is 10.0. The van der Waals surface area contributed by atoms with Crippen LogP contribution < -0.4 is 5.73 Å². The molecule has 3 nitrogen and oxygen atoms in total. The quantitative estimate of drug-likeness (QED) is 0.789. The molecule has 0 fully saturated rings. The van der Waals surface area contributed by atoms with Gasteiger partial charge in [-0.25, -0.2) is 4.98 Å². The first-order valence-electron chi connectivity index (χ1n) is 7.35. The fourth-order valence-corrected chi connectivity index (χ4v) is 2.64. The van der Waals surface area contributed by atoms with Gasteiger partial charge >= 0.3 is 0 Å². The average Bonchev–Trinajstić information content (AvgIpc) is 2.82. The first-order chi connectivity index (χ1) is 10.0. The predicted molar refractivity (Wildman–Crippen MR) is 87.7 cm³/mol. The van der Waals surface area contributed by atoms with Gasteiger partial charge < -0.3 is 10.1 Å². The number of anilines is 1. The molecule has 0 radical (unpaired) electrons. The molecular formula is C18H21N3. The van der Waals surface area contributed by atoms with E-state index in [1.165, 1.54) is 11.1 Å². The third-order valence-electron chi connectivity index (χ3n) is 3.80. The highest BCUT2D eigenvalue weighted by molar-refractivity contribution is 5.65. The van der Waals surface area contributed by atoms with Crippen LogP contribution in [0, 0.1) is 6.92 Å². The number of aromatic nitrogens is 2. The Labute approximate surface area is 125 Å². The van der Waals surface area contributed by atoms with Crippen molar-refractivity contribution < 1.29 is 0 Å². The van der Waals surface area contributed by atoms with Crippen LogP contribution in [0.5, 0.6) is 0 Å². The van der Waals surface area contributed by atoms with Crippen molar-refractivity contribution >= 4 is 11.3 Å². The molecule has 2 N–H and O–H groups in total. The van der Waals surface area contributed by atoms with E-state index in [9.17, 15) is 0 Å². The number of rotatable bonds is 3. The van der Waals surface area contributed by atoms with E-state index in [2.05, 4.69) is 55.5 Å². The van der Waals surface area contributed by atoms with Gasteiger partial charge in [0.1, 0.15) is 0 Å². The van der Waals surface area contributed by atoms with Gasteiger partial charge in [0, 0.05) is 18.8 Å². The highest BCUT2D eigenvalue weighted by Gasteiger charge is 2.07. The van der Waals surface area contributed by atoms with E-state index >= 15 is 0 Å². The number of nitrogen functional groups attached to an aromatic ring is 1. The standard InChI is InChI=1S/C18H21N3/c1-12(2)15-6-4-14(5-7-15)9-16-11-21-10-13(3)8-17(19)18(21)20-16/h4-8,10-12H,9,19H2,1-3H3. The SMILES string of the molecule is Cc1cc(N)c2nc(Cc3ccc(C(C)C)cc3)cn2c1. The molecule has 0 amide bonds. The Kier molecular flexibility index (Phi) is 3.42. The number of nitrogens with zero attached hydrogens (tertiary/aromatic N) is 2. The van der Waals surface area contributed by atoms with Crippen LogP contribution in [0.4, 0.5) is 5.69 Å². The Hall–Kier alpha value is -2.29. The van der Waals surface area contributed by atoms with Crippen molar-refractivity contribution in [2.24, 2.45) is 0 Å². The van der Waals surface area contributed by atoms with E-state index in [1.54, 1.807) is 0 Å². The molecule has 3 heteroatoms. The number of nitrogens with two attached hydrogens (primary N) is 1. The minimum absolute atomic E-state index is 0.567. The summed E-state index contributed by atoms with van der Waals surface area (Å²) in [5.74, 6) is 0.567. The Balaban J connectivity index is 1.89. The summed E-state index contributed by atoms with van der Waals surface area (Å²) in [6, 6.07) is 10.7. The van der Waals surface area contributed by atoms with E-state index in [0.29, 0.717) is 5.92 Å². The van der Waals surface area contributed by atoms with Crippen molar-refractivity contribution in [2.45, 2.75) is 33.1 Å². The molecule has 0 aliphatic rings. The number of fused-ring (bicyclic) bond motifs is 1. The van der Waals surface area contributed by atoms with Crippen LogP contribution in [0.3, 0.4) is 0 Å². The van der Waals surface area contributed by atoms with Crippen LogP contribution >= 0.6 is 0 Å². The minimum Gasteiger partial charge on any atom is -0.396 e. The van der Waals surface area contributed by atoms with Crippen molar-refractivity contribution in [1.82, 2.24) is 9.38 Å². The first kappa shape index (κ1) is 13.7. The fraction of sp³-hybridized carbons (Fsp3) is 0.278. The Morgan fingerprint density at radius 1 is 1.14 bits per heavy atom. The van der Waals surface area contributed by atoms with Gasteiger partial charge in [-0.2, -0.15) is 0 Å². The number of aryl methyl sites for hydroxylation is 1. The highest BCUT2D eigenvalue weighted by Crippen LogP contribution is 2.19. The highest BCUT2D eigenvalue weighted by atomic mass is 15.0. The molecule has 3 aromatic rings. The molecular weight excluding hydrogens is 258 g/mol. The van der Waals surface area contributed by atoms with E-state index in [0.717, 1.165) is 29.0 Å². The fourth-order valence-electron chi connectivity index (χ4n) is 2.64. The molecule has 108 valence electrons. The first-order valence-corrected chi connectivity index (χ1v) is 7.35. The summed E-state index contributed by atoms with van der Waals surface area (Å²) in [6.45, 7) is 6.46. The molecule has 2 aromatic heterocycles. The van der Waals surface area contributed by atoms with Crippen molar-refractivity contribution in [3.63, 3.8) is 0 Å². The molecule has 2 heterocycles. The van der Waals surface area contributed by atoms with Gasteiger partial charge in [-0.05, 0) is 35.6 Å². The second kappa shape index (κ2) is 5.24. The van der Waals surface area contributed by atoms with Crippen LogP contribution in [0.2, 0.25) is 0 Å². The topological polar surface area (TPSA) is 43.3 Å². The van der Waals surface area contributed by atoms with Crippen molar-refractivity contribution in [3.05, 3.63) is 65.1 Å². The van der Waals surface area contributed by atoms with E-state index in [1.807, 2.05) is 17.4 Å². The maximum absolute atomic E-state index is 6.03. The number of pyridine rings is 1. The zero-order chi connectivity index (χ0) is 15.0. The molecule has 0 spiro atoms. The Morgan fingerprint density at radius 3 is 2.52 bits per heavy atom. The van der Waals surface area contributed by atoms with E-state index in [-0.39, 0.29) is 0 Å². The molecule has 1 aromatic carbocycles. The van der Waals surface area contributed by atoms with Gasteiger partial charge in [-0.3, -0.25) is 0 Å². The van der Waals surface area contributed by atoms with Crippen LogP contribution in [0.25, 0.3) is 5.65 Å². The van der Waals surface area contributed by atoms with E-state index < -0.39 is 0 Å². The van der Waals surface area contributed by atoms with Crippen LogP contribution in [0.1, 0.15) is 42.1 Å². The largest absolute Gasteiger partial charge is 0.396 e. The Morgan fingerprint density at radius 2 is 1.86 bits per heavy atom. The van der Waals surface area contributed by atoms with Gasteiger partial charge in [0.05, 0.1) is 11.4 Å². The zero-order valence-corrected chi connectivity index (χ0v) is 12.8. The van der Waals surface area contributed by atoms with Gasteiger partial charge in [0.2, 0.25) is 0 Å². The van der Waals surface area contributed by atoms with E-state index in [4.69, 9.17) is 5.73 Å². The summed E-state index contributed by atoms with van der Waals surface area (Å²) < 4.78 is 2.02. The predicted octanol–water partition coefficient (Wildman–Crippen LogP) is 3.94. The molecule has 0 unspecified atom stereocenters. The number of benzene rings is 1. The second-order valence-corrected chi connectivity index (χ2v) is 6.01. The van der Waals surface area contributed by atoms with Crippen LogP contribution in [0.15, 0.2) is 42.7 Å². The lowest BCUT2D eigenvalue weighted by Gasteiger charge is -2.05. The van der Waals surface area contributed by atoms with Gasteiger partial charge in [-0.15, -0.1) is 0 Å². The van der Waals surface area contributed by atoms with Crippen molar-refractivity contribution in [2.75, 3.05) is 5.73 Å². The maximum Gasteiger partial charge on any atom is 0.160 e. The van der Waals surface area contributed by atoms with Gasteiger partial charge in [0.25, 0.3) is 0 Å². The number of imidazole rings is 1. The lowest BCUT2D eigenvalue weighted by Crippen LogP contribution is -1.93. The molecule has 21 heavy (non-hydrogen) atoms. The van der Waals surface area contributed by atoms with Gasteiger partial charge in [0.15, 0.2) is 5.65 Å². The third kappa shape index (κ3) is 2.77. The maximum atomic E-state index is 6.03. The third-order valence-corrected chi connectivity index (χ3v) is 3.80. The Bertz CT molecular complexity index is 767. The monoisotopic (exact) mass is 279 g/mol. The molecule has 0 saturated heterocycles. The van der Waals surface area contributed by atoms with Gasteiger partial charge in [-0.1, -0.05) is 38.1 Å². The summed E-state index contributed by atoms with van der Waals surface area (Å²) >= 11 is 0. The van der Waals surface area contributed by atoms with Crippen LogP contribution in [-0.2, 0) is 6.42 Å². The average molecular weight is 279 g/mol. The summed E-state index contributed by atoms with van der Waals surface area (Å²) in [5, 5.41) is 0. The number of hydrogen-bond acceptors (Lipinski definition) is 2. The molecule has 0 atom stereocenters. The lowest BCUT2D eigenvalue weighted by molar-refractivity contribution is 0.865. The number of hydrogen-bond donors (Lipinski definition) is 1. The zero-order valence-electron chi connectivity index (χ0n) is 12.8. The van der Waals surface area contributed by atoms with Crippen LogP contribution in [-0.4, -0.2) is 9.38 Å². The van der Waals surface area contributed by atoms with Crippen molar-refractivity contribution in [1.29, 1.82) is 0 Å². The second-order valence-electron chi connectivity index (χ2n) is 6.01. The minimum atomic E-state index is 0.567. The summed E-state index contributed by atoms with van der Waals surface area (Å²) in [6.07, 6.45) is 4.96. The smallest absolute Gasteiger partial charge is 0.160 e.